The number of likely N-dealkylation sites (tertiary alicyclic amines) is 1. The summed E-state index contributed by atoms with van der Waals surface area (Å²) in [7, 11) is 0. The summed E-state index contributed by atoms with van der Waals surface area (Å²) in [5.74, 6) is -0.458. The maximum Gasteiger partial charge on any atom is 0.391 e. The van der Waals surface area contributed by atoms with Crippen LogP contribution in [0.1, 0.15) is 45.4 Å². The number of alkyl halides is 3. The SMILES string of the molecule is CCNC1CCCCC1CN1CCC(C(F)(F)F)CC1. The van der Waals surface area contributed by atoms with Crippen molar-refractivity contribution in [2.45, 2.75) is 57.7 Å². The number of nitrogens with one attached hydrogen (secondary N) is 1. The summed E-state index contributed by atoms with van der Waals surface area (Å²) in [6, 6.07) is 0.564. The van der Waals surface area contributed by atoms with E-state index in [4.69, 9.17) is 0 Å². The number of hydrogen-bond donors (Lipinski definition) is 1. The van der Waals surface area contributed by atoms with Crippen molar-refractivity contribution in [3.8, 4) is 0 Å². The molecule has 1 saturated heterocycles. The van der Waals surface area contributed by atoms with Crippen LogP contribution in [0.15, 0.2) is 0 Å². The normalized spacial score (nSPS) is 30.6. The third-order valence-electron chi connectivity index (χ3n) is 4.92. The number of piperidine rings is 1. The second-order valence-corrected chi connectivity index (χ2v) is 6.33. The third kappa shape index (κ3) is 4.35. The highest BCUT2D eigenvalue weighted by Crippen LogP contribution is 2.35. The first kappa shape index (κ1) is 16.1. The first-order valence-electron chi connectivity index (χ1n) is 8.03. The van der Waals surface area contributed by atoms with Crippen LogP contribution in [0.4, 0.5) is 13.2 Å². The van der Waals surface area contributed by atoms with Gasteiger partial charge < -0.3 is 10.2 Å². The molecule has 0 spiro atoms. The van der Waals surface area contributed by atoms with E-state index in [2.05, 4.69) is 17.1 Å². The van der Waals surface area contributed by atoms with E-state index in [-0.39, 0.29) is 12.8 Å². The molecule has 0 radical (unpaired) electrons. The molecule has 2 aliphatic rings. The number of halogens is 3. The van der Waals surface area contributed by atoms with Crippen molar-refractivity contribution < 1.29 is 13.2 Å². The van der Waals surface area contributed by atoms with Gasteiger partial charge in [-0.05, 0) is 51.2 Å². The molecule has 1 aliphatic carbocycles. The van der Waals surface area contributed by atoms with Gasteiger partial charge in [-0.1, -0.05) is 19.8 Å². The van der Waals surface area contributed by atoms with Gasteiger partial charge in [-0.2, -0.15) is 13.2 Å². The van der Waals surface area contributed by atoms with Crippen LogP contribution in [0, 0.1) is 11.8 Å². The van der Waals surface area contributed by atoms with Crippen molar-refractivity contribution in [3.63, 3.8) is 0 Å². The zero-order valence-electron chi connectivity index (χ0n) is 12.4. The van der Waals surface area contributed by atoms with E-state index in [1.165, 1.54) is 25.7 Å². The van der Waals surface area contributed by atoms with Crippen molar-refractivity contribution in [1.29, 1.82) is 0 Å². The molecule has 1 saturated carbocycles. The first-order valence-corrected chi connectivity index (χ1v) is 8.03. The van der Waals surface area contributed by atoms with Gasteiger partial charge in [-0.15, -0.1) is 0 Å². The largest absolute Gasteiger partial charge is 0.391 e. The summed E-state index contributed by atoms with van der Waals surface area (Å²) in [5.41, 5.74) is 0. The van der Waals surface area contributed by atoms with Crippen LogP contribution in [-0.4, -0.2) is 43.3 Å². The molecule has 20 heavy (non-hydrogen) atoms. The Kier molecular flexibility index (Phi) is 5.73. The molecule has 1 N–H and O–H groups in total. The van der Waals surface area contributed by atoms with E-state index in [1.54, 1.807) is 0 Å². The molecule has 1 aliphatic heterocycles. The van der Waals surface area contributed by atoms with Gasteiger partial charge in [0.1, 0.15) is 0 Å². The van der Waals surface area contributed by atoms with E-state index in [0.29, 0.717) is 25.0 Å². The van der Waals surface area contributed by atoms with E-state index in [9.17, 15) is 13.2 Å². The summed E-state index contributed by atoms with van der Waals surface area (Å²) in [6.07, 6.45) is 1.55. The fraction of sp³-hybridized carbons (Fsp3) is 1.00. The molecule has 2 nitrogen and oxygen atoms in total. The average molecular weight is 292 g/mol. The monoisotopic (exact) mass is 292 g/mol. The first-order chi connectivity index (χ1) is 9.50. The Hall–Kier alpha value is -0.290. The fourth-order valence-corrected chi connectivity index (χ4v) is 3.73. The highest BCUT2D eigenvalue weighted by atomic mass is 19.4. The van der Waals surface area contributed by atoms with Gasteiger partial charge in [-0.25, -0.2) is 0 Å². The van der Waals surface area contributed by atoms with Crippen LogP contribution < -0.4 is 5.32 Å². The minimum absolute atomic E-state index is 0.280. The van der Waals surface area contributed by atoms with E-state index < -0.39 is 12.1 Å². The molecular weight excluding hydrogens is 265 g/mol. The molecule has 2 atom stereocenters. The predicted octanol–water partition coefficient (Wildman–Crippen LogP) is 3.43. The summed E-state index contributed by atoms with van der Waals surface area (Å²) in [5, 5.41) is 3.55. The Morgan fingerprint density at radius 2 is 1.70 bits per heavy atom. The Balaban J connectivity index is 1.79. The average Bonchev–Trinajstić information content (AvgIpc) is 2.41. The van der Waals surface area contributed by atoms with Crippen molar-refractivity contribution >= 4 is 0 Å². The lowest BCUT2D eigenvalue weighted by molar-refractivity contribution is -0.185. The quantitative estimate of drug-likeness (QED) is 0.854. The van der Waals surface area contributed by atoms with Crippen molar-refractivity contribution in [2.24, 2.45) is 11.8 Å². The Morgan fingerprint density at radius 1 is 1.05 bits per heavy atom. The van der Waals surface area contributed by atoms with Gasteiger partial charge in [0.15, 0.2) is 0 Å². The molecular formula is C15H27F3N2. The van der Waals surface area contributed by atoms with Crippen LogP contribution >= 0.6 is 0 Å². The van der Waals surface area contributed by atoms with Crippen molar-refractivity contribution in [3.05, 3.63) is 0 Å². The zero-order chi connectivity index (χ0) is 14.6. The standard InChI is InChI=1S/C15H27F3N2/c1-2-19-14-6-4-3-5-12(14)11-20-9-7-13(8-10-20)15(16,17)18/h12-14,19H,2-11H2,1H3. The predicted molar refractivity (Wildman–Crippen MR) is 74.6 cm³/mol. The Morgan fingerprint density at radius 3 is 2.30 bits per heavy atom. The zero-order valence-corrected chi connectivity index (χ0v) is 12.4. The highest BCUT2D eigenvalue weighted by Gasteiger charge is 2.41. The lowest BCUT2D eigenvalue weighted by Crippen LogP contribution is -2.47. The molecule has 2 fully saturated rings. The molecule has 1 heterocycles. The second kappa shape index (κ2) is 7.12. The minimum Gasteiger partial charge on any atom is -0.314 e. The molecule has 0 amide bonds. The molecule has 0 aromatic heterocycles. The van der Waals surface area contributed by atoms with Crippen LogP contribution in [0.5, 0.6) is 0 Å². The molecule has 118 valence electrons. The maximum atomic E-state index is 12.7. The number of rotatable bonds is 4. The molecule has 0 aromatic rings. The summed E-state index contributed by atoms with van der Waals surface area (Å²) < 4.78 is 38.0. The van der Waals surface area contributed by atoms with Crippen molar-refractivity contribution in [2.75, 3.05) is 26.2 Å². The molecule has 0 aromatic carbocycles. The molecule has 0 bridgehead atoms. The van der Waals surface area contributed by atoms with Crippen molar-refractivity contribution in [1.82, 2.24) is 10.2 Å². The van der Waals surface area contributed by atoms with Gasteiger partial charge in [0.2, 0.25) is 0 Å². The maximum absolute atomic E-state index is 12.7. The fourth-order valence-electron chi connectivity index (χ4n) is 3.73. The Bertz CT molecular complexity index is 283. The topological polar surface area (TPSA) is 15.3 Å². The van der Waals surface area contributed by atoms with Gasteiger partial charge in [0.05, 0.1) is 5.92 Å². The summed E-state index contributed by atoms with van der Waals surface area (Å²) in [6.45, 7) is 5.30. The highest BCUT2D eigenvalue weighted by molar-refractivity contribution is 4.85. The lowest BCUT2D eigenvalue weighted by atomic mass is 9.83. The molecule has 5 heteroatoms. The van der Waals surface area contributed by atoms with E-state index in [0.717, 1.165) is 13.1 Å². The van der Waals surface area contributed by atoms with Gasteiger partial charge in [0.25, 0.3) is 0 Å². The van der Waals surface area contributed by atoms with Crippen LogP contribution in [0.25, 0.3) is 0 Å². The van der Waals surface area contributed by atoms with Gasteiger partial charge in [-0.3, -0.25) is 0 Å². The Labute approximate surface area is 120 Å². The van der Waals surface area contributed by atoms with E-state index >= 15 is 0 Å². The molecule has 2 unspecified atom stereocenters. The summed E-state index contributed by atoms with van der Waals surface area (Å²) >= 11 is 0. The van der Waals surface area contributed by atoms with Crippen LogP contribution in [-0.2, 0) is 0 Å². The molecule has 2 rings (SSSR count). The van der Waals surface area contributed by atoms with E-state index in [1.807, 2.05) is 0 Å². The van der Waals surface area contributed by atoms with Gasteiger partial charge in [0, 0.05) is 12.6 Å². The summed E-state index contributed by atoms with van der Waals surface area (Å²) in [4.78, 5) is 2.25. The van der Waals surface area contributed by atoms with Gasteiger partial charge >= 0.3 is 6.18 Å². The number of nitrogens with zero attached hydrogens (tertiary/aromatic N) is 1. The smallest absolute Gasteiger partial charge is 0.314 e. The lowest BCUT2D eigenvalue weighted by Gasteiger charge is -2.39. The number of hydrogen-bond acceptors (Lipinski definition) is 2. The second-order valence-electron chi connectivity index (χ2n) is 6.33. The van der Waals surface area contributed by atoms with Crippen LogP contribution in [0.2, 0.25) is 0 Å². The third-order valence-corrected chi connectivity index (χ3v) is 4.92. The van der Waals surface area contributed by atoms with Crippen LogP contribution in [0.3, 0.4) is 0 Å². The minimum atomic E-state index is -4.00.